The number of hydrogen-bond donors (Lipinski definition) is 1. The number of imidazole rings is 1. The first-order chi connectivity index (χ1) is 6.56. The second-order valence-corrected chi connectivity index (χ2v) is 3.76. The van der Waals surface area contributed by atoms with Crippen molar-refractivity contribution in [2.45, 2.75) is 33.0 Å². The van der Waals surface area contributed by atoms with Crippen molar-refractivity contribution >= 4 is 0 Å². The molecule has 0 spiro atoms. The van der Waals surface area contributed by atoms with Gasteiger partial charge in [-0.25, -0.2) is 9.37 Å². The molecule has 1 rings (SSSR count). The minimum atomic E-state index is -1.51. The topological polar surface area (TPSA) is 43.8 Å². The first-order valence-electron chi connectivity index (χ1n) is 4.96. The Bertz CT molecular complexity index is 295. The highest BCUT2D eigenvalue weighted by atomic mass is 19.1. The van der Waals surface area contributed by atoms with Gasteiger partial charge in [-0.05, 0) is 12.8 Å². The summed E-state index contributed by atoms with van der Waals surface area (Å²) in [5.74, 6) is 0.276. The summed E-state index contributed by atoms with van der Waals surface area (Å²) in [6, 6.07) is 0. The maximum Gasteiger partial charge on any atom is 0.182 e. The number of alkyl halides is 1. The quantitative estimate of drug-likeness (QED) is 0.801. The lowest BCUT2D eigenvalue weighted by atomic mass is 9.91. The molecule has 0 saturated heterocycles. The number of aryl methyl sites for hydroxylation is 1. The van der Waals surface area contributed by atoms with Crippen molar-refractivity contribution in [1.29, 1.82) is 0 Å². The highest BCUT2D eigenvalue weighted by molar-refractivity contribution is 5.07. The molecule has 0 saturated carbocycles. The predicted octanol–water partition coefficient (Wildman–Crippen LogP) is 1.68. The molecule has 1 heterocycles. The van der Waals surface area contributed by atoms with Gasteiger partial charge in [0.05, 0.1) is 0 Å². The Morgan fingerprint density at radius 1 is 1.64 bits per heavy atom. The van der Waals surface area contributed by atoms with Crippen molar-refractivity contribution in [2.24, 2.45) is 11.7 Å². The fourth-order valence-corrected chi connectivity index (χ4v) is 1.52. The van der Waals surface area contributed by atoms with Crippen molar-refractivity contribution in [3.8, 4) is 0 Å². The fourth-order valence-electron chi connectivity index (χ4n) is 1.52. The lowest BCUT2D eigenvalue weighted by molar-refractivity contribution is 0.0933. The third kappa shape index (κ3) is 1.66. The Morgan fingerprint density at radius 2 is 2.29 bits per heavy atom. The van der Waals surface area contributed by atoms with E-state index in [-0.39, 0.29) is 12.5 Å². The van der Waals surface area contributed by atoms with Crippen LogP contribution in [0.3, 0.4) is 0 Å². The third-order valence-corrected chi connectivity index (χ3v) is 2.64. The van der Waals surface area contributed by atoms with Gasteiger partial charge in [-0.15, -0.1) is 0 Å². The molecule has 1 aromatic rings. The van der Waals surface area contributed by atoms with Gasteiger partial charge in [0.1, 0.15) is 5.82 Å². The van der Waals surface area contributed by atoms with E-state index in [4.69, 9.17) is 5.73 Å². The van der Waals surface area contributed by atoms with Crippen LogP contribution in [0.25, 0.3) is 0 Å². The van der Waals surface area contributed by atoms with Gasteiger partial charge >= 0.3 is 0 Å². The molecule has 0 aliphatic rings. The molecule has 2 N–H and O–H groups in total. The van der Waals surface area contributed by atoms with E-state index in [1.807, 2.05) is 20.8 Å². The molecule has 0 radical (unpaired) electrons. The maximum atomic E-state index is 14.4. The largest absolute Gasteiger partial charge is 0.332 e. The summed E-state index contributed by atoms with van der Waals surface area (Å²) in [6.07, 6.45) is 3.40. The van der Waals surface area contributed by atoms with Gasteiger partial charge in [0.25, 0.3) is 0 Å². The van der Waals surface area contributed by atoms with Crippen molar-refractivity contribution in [3.63, 3.8) is 0 Å². The van der Waals surface area contributed by atoms with Gasteiger partial charge in [0.15, 0.2) is 5.67 Å². The summed E-state index contributed by atoms with van der Waals surface area (Å²) in [5, 5.41) is 0. The number of rotatable bonds is 4. The average Bonchev–Trinajstić information content (AvgIpc) is 2.64. The van der Waals surface area contributed by atoms with E-state index in [0.717, 1.165) is 0 Å². The first kappa shape index (κ1) is 11.2. The van der Waals surface area contributed by atoms with Gasteiger partial charge in [-0.3, -0.25) is 0 Å². The third-order valence-electron chi connectivity index (χ3n) is 2.64. The van der Waals surface area contributed by atoms with Gasteiger partial charge in [-0.1, -0.05) is 13.8 Å². The molecule has 1 unspecified atom stereocenters. The molecule has 0 aliphatic carbocycles. The molecule has 3 nitrogen and oxygen atoms in total. The van der Waals surface area contributed by atoms with E-state index < -0.39 is 5.67 Å². The molecular formula is C10H18FN3. The lowest BCUT2D eigenvalue weighted by Crippen LogP contribution is -2.38. The van der Waals surface area contributed by atoms with Crippen LogP contribution in [0, 0.1) is 5.92 Å². The van der Waals surface area contributed by atoms with Crippen molar-refractivity contribution < 1.29 is 4.39 Å². The van der Waals surface area contributed by atoms with E-state index in [2.05, 4.69) is 4.98 Å². The molecular weight excluding hydrogens is 181 g/mol. The van der Waals surface area contributed by atoms with Crippen LogP contribution < -0.4 is 5.73 Å². The Morgan fingerprint density at radius 3 is 2.71 bits per heavy atom. The van der Waals surface area contributed by atoms with Crippen LogP contribution in [0.5, 0.6) is 0 Å². The van der Waals surface area contributed by atoms with Crippen molar-refractivity contribution in [1.82, 2.24) is 9.55 Å². The smallest absolute Gasteiger partial charge is 0.182 e. The van der Waals surface area contributed by atoms with Crippen LogP contribution in [0.15, 0.2) is 12.4 Å². The van der Waals surface area contributed by atoms with E-state index in [1.54, 1.807) is 17.0 Å². The highest BCUT2D eigenvalue weighted by Gasteiger charge is 2.38. The number of aromatic nitrogens is 2. The van der Waals surface area contributed by atoms with Crippen LogP contribution in [-0.2, 0) is 12.2 Å². The molecule has 14 heavy (non-hydrogen) atoms. The summed E-state index contributed by atoms with van der Waals surface area (Å²) < 4.78 is 16.2. The van der Waals surface area contributed by atoms with E-state index in [1.165, 1.54) is 0 Å². The van der Waals surface area contributed by atoms with Crippen LogP contribution in [0.4, 0.5) is 4.39 Å². The first-order valence-corrected chi connectivity index (χ1v) is 4.96. The molecule has 1 aromatic heterocycles. The zero-order chi connectivity index (χ0) is 10.8. The summed E-state index contributed by atoms with van der Waals surface area (Å²) in [4.78, 5) is 4.06. The second-order valence-electron chi connectivity index (χ2n) is 3.76. The van der Waals surface area contributed by atoms with Crippen LogP contribution in [0.1, 0.15) is 26.6 Å². The molecule has 0 aromatic carbocycles. The Hall–Kier alpha value is -0.900. The summed E-state index contributed by atoms with van der Waals surface area (Å²) >= 11 is 0. The van der Waals surface area contributed by atoms with Gasteiger partial charge in [0, 0.05) is 25.5 Å². The molecule has 4 heteroatoms. The summed E-state index contributed by atoms with van der Waals surface area (Å²) in [5.41, 5.74) is 3.98. The Balaban J connectivity index is 3.11. The standard InChI is InChI=1S/C10H18FN3/c1-4-14-6-5-13-9(14)10(11,7-12)8(2)3/h5-6,8H,4,7,12H2,1-3H3. The van der Waals surface area contributed by atoms with Crippen molar-refractivity contribution in [3.05, 3.63) is 18.2 Å². The van der Waals surface area contributed by atoms with Crippen LogP contribution >= 0.6 is 0 Å². The highest BCUT2D eigenvalue weighted by Crippen LogP contribution is 2.31. The molecule has 80 valence electrons. The summed E-state index contributed by atoms with van der Waals surface area (Å²) in [6.45, 7) is 6.29. The predicted molar refractivity (Wildman–Crippen MR) is 54.6 cm³/mol. The van der Waals surface area contributed by atoms with Gasteiger partial charge < -0.3 is 10.3 Å². The second kappa shape index (κ2) is 4.09. The minimum Gasteiger partial charge on any atom is -0.332 e. The van der Waals surface area contributed by atoms with Gasteiger partial charge in [-0.2, -0.15) is 0 Å². The molecule has 1 atom stereocenters. The average molecular weight is 199 g/mol. The maximum absolute atomic E-state index is 14.4. The Labute approximate surface area is 84.1 Å². The van der Waals surface area contributed by atoms with Crippen LogP contribution in [0.2, 0.25) is 0 Å². The Kier molecular flexibility index (Phi) is 3.26. The number of nitrogens with two attached hydrogens (primary N) is 1. The zero-order valence-electron chi connectivity index (χ0n) is 9.00. The molecule has 0 amide bonds. The molecule has 0 aliphatic heterocycles. The van der Waals surface area contributed by atoms with E-state index in [9.17, 15) is 4.39 Å². The lowest BCUT2D eigenvalue weighted by Gasteiger charge is -2.27. The van der Waals surface area contributed by atoms with Crippen molar-refractivity contribution in [2.75, 3.05) is 6.54 Å². The number of hydrogen-bond acceptors (Lipinski definition) is 2. The van der Waals surface area contributed by atoms with E-state index >= 15 is 0 Å². The fraction of sp³-hybridized carbons (Fsp3) is 0.700. The monoisotopic (exact) mass is 199 g/mol. The normalized spacial score (nSPS) is 15.9. The van der Waals surface area contributed by atoms with Crippen LogP contribution in [-0.4, -0.2) is 16.1 Å². The molecule has 0 fully saturated rings. The zero-order valence-corrected chi connectivity index (χ0v) is 9.00. The summed E-state index contributed by atoms with van der Waals surface area (Å²) in [7, 11) is 0. The number of nitrogens with zero attached hydrogens (tertiary/aromatic N) is 2. The SMILES string of the molecule is CCn1ccnc1C(F)(CN)C(C)C. The minimum absolute atomic E-state index is 0.0261. The molecule has 0 bridgehead atoms. The number of halogens is 1. The van der Waals surface area contributed by atoms with Gasteiger partial charge in [0.2, 0.25) is 0 Å². The van der Waals surface area contributed by atoms with E-state index in [0.29, 0.717) is 12.4 Å².